The van der Waals surface area contributed by atoms with Crippen molar-refractivity contribution < 1.29 is 13.7 Å². The summed E-state index contributed by atoms with van der Waals surface area (Å²) in [6.07, 6.45) is 0. The van der Waals surface area contributed by atoms with Crippen LogP contribution in [0, 0.1) is 13.8 Å². The predicted octanol–water partition coefficient (Wildman–Crippen LogP) is 3.55. The summed E-state index contributed by atoms with van der Waals surface area (Å²) in [6.45, 7) is 5.57. The van der Waals surface area contributed by atoms with Crippen molar-refractivity contribution in [1.82, 2.24) is 10.1 Å². The van der Waals surface area contributed by atoms with Crippen LogP contribution in [0.2, 0.25) is 0 Å². The Bertz CT molecular complexity index is 824. The SMILES string of the molecule is Cc1ccc2oc(S[C@H](C)C(=O)Nc3cc(C)no3)nc2c1. The molecule has 1 atom stereocenters. The molecule has 1 aromatic carbocycles. The Morgan fingerprint density at radius 2 is 2.14 bits per heavy atom. The van der Waals surface area contributed by atoms with Crippen molar-refractivity contribution in [1.29, 1.82) is 0 Å². The van der Waals surface area contributed by atoms with Crippen molar-refractivity contribution in [2.24, 2.45) is 0 Å². The van der Waals surface area contributed by atoms with Crippen molar-refractivity contribution in [3.63, 3.8) is 0 Å². The highest BCUT2D eigenvalue weighted by atomic mass is 32.2. The topological polar surface area (TPSA) is 81.2 Å². The highest BCUT2D eigenvalue weighted by Gasteiger charge is 2.19. The second-order valence-electron chi connectivity index (χ2n) is 5.03. The van der Waals surface area contributed by atoms with Gasteiger partial charge in [0, 0.05) is 6.07 Å². The molecule has 6 nitrogen and oxygen atoms in total. The van der Waals surface area contributed by atoms with Crippen molar-refractivity contribution in [3.8, 4) is 0 Å². The van der Waals surface area contributed by atoms with Crippen LogP contribution >= 0.6 is 11.8 Å². The van der Waals surface area contributed by atoms with Crippen LogP contribution in [0.5, 0.6) is 0 Å². The third-order valence-electron chi connectivity index (χ3n) is 3.04. The van der Waals surface area contributed by atoms with Crippen molar-refractivity contribution in [3.05, 3.63) is 35.5 Å². The average Bonchev–Trinajstić information content (AvgIpc) is 3.04. The lowest BCUT2D eigenvalue weighted by Crippen LogP contribution is -2.22. The van der Waals surface area contributed by atoms with E-state index in [-0.39, 0.29) is 11.2 Å². The molecule has 1 amide bonds. The number of rotatable bonds is 4. The minimum absolute atomic E-state index is 0.195. The summed E-state index contributed by atoms with van der Waals surface area (Å²) in [5, 5.41) is 6.48. The Kier molecular flexibility index (Phi) is 3.89. The zero-order valence-electron chi connectivity index (χ0n) is 12.4. The van der Waals surface area contributed by atoms with Gasteiger partial charge in [-0.2, -0.15) is 0 Å². The van der Waals surface area contributed by atoms with Crippen LogP contribution in [0.25, 0.3) is 11.1 Å². The number of anilines is 1. The van der Waals surface area contributed by atoms with Gasteiger partial charge in [0.05, 0.1) is 10.9 Å². The summed E-state index contributed by atoms with van der Waals surface area (Å²) in [7, 11) is 0. The van der Waals surface area contributed by atoms with Gasteiger partial charge in [0.25, 0.3) is 5.22 Å². The molecule has 0 aliphatic carbocycles. The molecule has 0 aliphatic heterocycles. The van der Waals surface area contributed by atoms with Crippen LogP contribution in [0.4, 0.5) is 5.88 Å². The van der Waals surface area contributed by atoms with Gasteiger partial charge in [0.15, 0.2) is 5.58 Å². The molecule has 0 saturated carbocycles. The molecule has 0 unspecified atom stereocenters. The molecule has 3 rings (SSSR count). The van der Waals surface area contributed by atoms with Gasteiger partial charge < -0.3 is 8.94 Å². The van der Waals surface area contributed by atoms with E-state index in [4.69, 9.17) is 8.94 Å². The largest absolute Gasteiger partial charge is 0.431 e. The smallest absolute Gasteiger partial charge is 0.257 e. The maximum atomic E-state index is 12.1. The molecule has 3 aromatic rings. The van der Waals surface area contributed by atoms with Gasteiger partial charge in [-0.05, 0) is 38.5 Å². The number of amides is 1. The molecule has 0 radical (unpaired) electrons. The molecule has 1 N–H and O–H groups in total. The van der Waals surface area contributed by atoms with Crippen LogP contribution < -0.4 is 5.32 Å². The zero-order chi connectivity index (χ0) is 15.7. The Hall–Kier alpha value is -2.28. The van der Waals surface area contributed by atoms with Crippen LogP contribution in [0.15, 0.2) is 38.4 Å². The normalized spacial score (nSPS) is 12.5. The fraction of sp³-hybridized carbons (Fsp3) is 0.267. The van der Waals surface area contributed by atoms with Crippen molar-refractivity contribution >= 4 is 34.7 Å². The third kappa shape index (κ3) is 3.14. The van der Waals surface area contributed by atoms with E-state index in [9.17, 15) is 4.79 Å². The molecular weight excluding hydrogens is 302 g/mol. The third-order valence-corrected chi connectivity index (χ3v) is 3.99. The van der Waals surface area contributed by atoms with E-state index in [1.54, 1.807) is 19.9 Å². The molecule has 0 fully saturated rings. The molecule has 114 valence electrons. The van der Waals surface area contributed by atoms with Gasteiger partial charge in [-0.1, -0.05) is 23.0 Å². The number of aromatic nitrogens is 2. The summed E-state index contributed by atoms with van der Waals surface area (Å²) >= 11 is 1.26. The number of oxazole rings is 1. The summed E-state index contributed by atoms with van der Waals surface area (Å²) in [4.78, 5) is 16.5. The number of hydrogen-bond donors (Lipinski definition) is 1. The molecule has 2 heterocycles. The van der Waals surface area contributed by atoms with E-state index in [1.165, 1.54) is 11.8 Å². The Morgan fingerprint density at radius 1 is 1.32 bits per heavy atom. The van der Waals surface area contributed by atoms with E-state index in [0.717, 1.165) is 11.1 Å². The van der Waals surface area contributed by atoms with E-state index in [1.807, 2.05) is 25.1 Å². The fourth-order valence-corrected chi connectivity index (χ4v) is 2.67. The second kappa shape index (κ2) is 5.84. The molecule has 2 aromatic heterocycles. The highest BCUT2D eigenvalue weighted by molar-refractivity contribution is 8.00. The summed E-state index contributed by atoms with van der Waals surface area (Å²) in [5.41, 5.74) is 3.33. The number of carbonyl (C=O) groups excluding carboxylic acids is 1. The quantitative estimate of drug-likeness (QED) is 0.741. The Balaban J connectivity index is 1.69. The van der Waals surface area contributed by atoms with Crippen LogP contribution in [-0.2, 0) is 4.79 Å². The Labute approximate surface area is 131 Å². The number of nitrogens with one attached hydrogen (secondary N) is 1. The van der Waals surface area contributed by atoms with Gasteiger partial charge in [-0.25, -0.2) is 4.98 Å². The predicted molar refractivity (Wildman–Crippen MR) is 83.9 cm³/mol. The number of benzene rings is 1. The van der Waals surface area contributed by atoms with Gasteiger partial charge in [0.1, 0.15) is 5.52 Å². The summed E-state index contributed by atoms with van der Waals surface area (Å²) in [6, 6.07) is 7.45. The molecular formula is C15H15N3O3S. The number of carbonyl (C=O) groups is 1. The molecule has 0 saturated heterocycles. The lowest BCUT2D eigenvalue weighted by molar-refractivity contribution is -0.115. The van der Waals surface area contributed by atoms with Crippen molar-refractivity contribution in [2.45, 2.75) is 31.2 Å². The van der Waals surface area contributed by atoms with Crippen LogP contribution in [0.1, 0.15) is 18.2 Å². The number of thioether (sulfide) groups is 1. The van der Waals surface area contributed by atoms with Gasteiger partial charge in [-0.3, -0.25) is 10.1 Å². The first-order valence-electron chi connectivity index (χ1n) is 6.79. The van der Waals surface area contributed by atoms with Gasteiger partial charge >= 0.3 is 0 Å². The van der Waals surface area contributed by atoms with Crippen LogP contribution in [-0.4, -0.2) is 21.3 Å². The minimum atomic E-state index is -0.375. The van der Waals surface area contributed by atoms with Crippen molar-refractivity contribution in [2.75, 3.05) is 5.32 Å². The molecule has 22 heavy (non-hydrogen) atoms. The average molecular weight is 317 g/mol. The second-order valence-corrected chi connectivity index (χ2v) is 6.32. The van der Waals surface area contributed by atoms with Gasteiger partial charge in [0.2, 0.25) is 11.8 Å². The molecule has 0 spiro atoms. The lowest BCUT2D eigenvalue weighted by Gasteiger charge is -2.06. The summed E-state index contributed by atoms with van der Waals surface area (Å²) in [5.74, 6) is 0.141. The first kappa shape index (κ1) is 14.6. The monoisotopic (exact) mass is 317 g/mol. The number of fused-ring (bicyclic) bond motifs is 1. The van der Waals surface area contributed by atoms with E-state index < -0.39 is 0 Å². The number of hydrogen-bond acceptors (Lipinski definition) is 6. The highest BCUT2D eigenvalue weighted by Crippen LogP contribution is 2.27. The fourth-order valence-electron chi connectivity index (χ4n) is 1.92. The standard InChI is InChI=1S/C15H15N3O3S/c1-8-4-5-12-11(6-8)16-15(20-12)22-10(3)14(19)17-13-7-9(2)18-21-13/h4-7,10H,1-3H3,(H,17,19)/t10-/m1/s1. The van der Waals surface area contributed by atoms with Crippen LogP contribution in [0.3, 0.4) is 0 Å². The number of aryl methyl sites for hydroxylation is 2. The summed E-state index contributed by atoms with van der Waals surface area (Å²) < 4.78 is 10.6. The molecule has 0 aliphatic rings. The first-order valence-corrected chi connectivity index (χ1v) is 7.67. The first-order chi connectivity index (χ1) is 10.5. The minimum Gasteiger partial charge on any atom is -0.431 e. The Morgan fingerprint density at radius 3 is 2.86 bits per heavy atom. The van der Waals surface area contributed by atoms with Gasteiger partial charge in [-0.15, -0.1) is 0 Å². The molecule has 7 heteroatoms. The number of nitrogens with zero attached hydrogens (tertiary/aromatic N) is 2. The van der Waals surface area contributed by atoms with E-state index in [0.29, 0.717) is 22.4 Å². The molecule has 0 bridgehead atoms. The zero-order valence-corrected chi connectivity index (χ0v) is 13.2. The lowest BCUT2D eigenvalue weighted by atomic mass is 10.2. The maximum absolute atomic E-state index is 12.1. The van der Waals surface area contributed by atoms with E-state index >= 15 is 0 Å². The van der Waals surface area contributed by atoms with E-state index in [2.05, 4.69) is 15.5 Å². The maximum Gasteiger partial charge on any atom is 0.257 e.